The molecule has 0 radical (unpaired) electrons. The van der Waals surface area contributed by atoms with Crippen molar-refractivity contribution in [2.75, 3.05) is 94.0 Å². The molecule has 3 heterocycles. The van der Waals surface area contributed by atoms with Crippen LogP contribution in [0.3, 0.4) is 0 Å². The maximum Gasteiger partial charge on any atom is 0.344 e. The molecule has 0 aromatic heterocycles. The number of carbonyl (C=O) groups excluding carboxylic acids is 4. The molecule has 406 valence electrons. The van der Waals surface area contributed by atoms with Crippen molar-refractivity contribution < 1.29 is 43.6 Å². The van der Waals surface area contributed by atoms with Crippen LogP contribution in [0.15, 0.2) is 158 Å². The third-order valence-electron chi connectivity index (χ3n) is 11.3. The van der Waals surface area contributed by atoms with E-state index in [1.54, 1.807) is 49.4 Å². The zero-order valence-corrected chi connectivity index (χ0v) is 43.7. The minimum atomic E-state index is -0.694. The topological polar surface area (TPSA) is 313 Å². The SMILES string of the molecule is CCOC(=O)C1=C(O)/C(=C/c2ccc(OCCOCCN(N)/C=C(\N)CNC(=O)c3cc(NC=O)cc(NC(=O)Nc4ccc(C5=NCCN5)cc4)c3)c(O)c2)SC1=Nc1ccccc1.CNc1ccc(C2=NCCN2)cc1. The molecular weight excluding hydrogens is 1020 g/mol. The first-order valence-electron chi connectivity index (χ1n) is 24.7. The highest BCUT2D eigenvalue weighted by atomic mass is 32.2. The molecule has 78 heavy (non-hydrogen) atoms. The molecule has 3 aliphatic heterocycles. The number of esters is 1. The highest BCUT2D eigenvalue weighted by Gasteiger charge is 2.33. The average Bonchev–Trinajstić information content (AvgIpc) is 4.25. The molecular formula is C55H61N13O9S. The third-order valence-corrected chi connectivity index (χ3v) is 12.3. The molecule has 5 aromatic rings. The second-order valence-electron chi connectivity index (χ2n) is 17.0. The van der Waals surface area contributed by atoms with E-state index < -0.39 is 17.9 Å². The smallest absolute Gasteiger partial charge is 0.344 e. The maximum atomic E-state index is 13.1. The quantitative estimate of drug-likeness (QED) is 0.0124. The lowest BCUT2D eigenvalue weighted by Gasteiger charge is -2.16. The van der Waals surface area contributed by atoms with Gasteiger partial charge in [0.1, 0.15) is 34.7 Å². The molecule has 22 nitrogen and oxygen atoms in total. The number of anilines is 4. The molecule has 4 amide bonds. The van der Waals surface area contributed by atoms with Crippen LogP contribution in [-0.2, 0) is 19.1 Å². The van der Waals surface area contributed by atoms with Crippen LogP contribution in [0.1, 0.15) is 34.0 Å². The number of rotatable bonds is 22. The van der Waals surface area contributed by atoms with Gasteiger partial charge >= 0.3 is 12.0 Å². The van der Waals surface area contributed by atoms with E-state index in [2.05, 4.69) is 76.5 Å². The number of phenolic OH excluding ortho intramolecular Hbond substituents is 1. The number of amidine groups is 2. The monoisotopic (exact) mass is 1080 g/mol. The number of urea groups is 1. The van der Waals surface area contributed by atoms with Crippen molar-refractivity contribution in [1.29, 1.82) is 0 Å². The number of nitrogens with two attached hydrogens (primary N) is 2. The van der Waals surface area contributed by atoms with Crippen LogP contribution < -0.4 is 53.5 Å². The number of nitrogens with zero attached hydrogens (tertiary/aromatic N) is 4. The Hall–Kier alpha value is -9.32. The summed E-state index contributed by atoms with van der Waals surface area (Å²) in [5, 5.41) is 43.3. The summed E-state index contributed by atoms with van der Waals surface area (Å²) in [4.78, 5) is 63.4. The standard InChI is InChI=1S/C45H48N10O9S.C10H13N3/c1-2-63-44(60)39-40(58)38(65-43(39)52-32-6-4-3-5-7-32)21-28-8-13-37(36(57)20-28)64-19-18-62-17-16-55(47)26-31(46)25-50-42(59)30-22-34(51-27-56)24-35(23-30)54-45(61)53-33-11-9-29(10-12-33)41-48-14-15-49-41;1-11-9-4-2-8(3-5-9)10-12-6-7-13-10/h3-13,20-24,26-27,57-58H,2,14-19,25,46-47H2,1H3,(H,48,49)(H,50,59)(H,51,56)(H2,53,54,61);2-5,11H,6-7H2,1H3,(H,12,13)/b31-26-,38-21-,52-43?;. The molecule has 23 heteroatoms. The number of phenols is 1. The van der Waals surface area contributed by atoms with Crippen molar-refractivity contribution in [2.45, 2.75) is 6.92 Å². The summed E-state index contributed by atoms with van der Waals surface area (Å²) >= 11 is 1.11. The lowest BCUT2D eigenvalue weighted by molar-refractivity contribution is -0.138. The van der Waals surface area contributed by atoms with Crippen molar-refractivity contribution in [1.82, 2.24) is 21.0 Å². The van der Waals surface area contributed by atoms with E-state index in [1.807, 2.05) is 37.4 Å². The number of hydrogen-bond donors (Lipinski definition) is 11. The number of aromatic hydroxyl groups is 1. The van der Waals surface area contributed by atoms with E-state index in [0.29, 0.717) is 34.8 Å². The maximum absolute atomic E-state index is 13.1. The normalized spacial score (nSPS) is 14.7. The fourth-order valence-corrected chi connectivity index (χ4v) is 8.60. The van der Waals surface area contributed by atoms with Gasteiger partial charge in [-0.2, -0.15) is 0 Å². The molecule has 0 aliphatic carbocycles. The zero-order valence-electron chi connectivity index (χ0n) is 42.9. The number of ether oxygens (including phenoxy) is 3. The number of para-hydroxylation sites is 1. The Balaban J connectivity index is 0.000000588. The number of aliphatic hydroxyl groups is 1. The summed E-state index contributed by atoms with van der Waals surface area (Å²) in [6.07, 6.45) is 3.51. The number of benzene rings is 5. The van der Waals surface area contributed by atoms with Crippen LogP contribution in [-0.4, -0.2) is 129 Å². The lowest BCUT2D eigenvalue weighted by atomic mass is 10.1. The van der Waals surface area contributed by atoms with Crippen LogP contribution in [0.5, 0.6) is 11.5 Å². The molecule has 8 rings (SSSR count). The minimum Gasteiger partial charge on any atom is -0.506 e. The number of amides is 4. The van der Waals surface area contributed by atoms with Crippen molar-refractivity contribution in [2.24, 2.45) is 26.6 Å². The van der Waals surface area contributed by atoms with Gasteiger partial charge in [0.05, 0.1) is 56.6 Å². The molecule has 0 saturated carbocycles. The van der Waals surface area contributed by atoms with Gasteiger partial charge in [0.25, 0.3) is 5.91 Å². The molecule has 0 spiro atoms. The molecule has 0 bridgehead atoms. The Morgan fingerprint density at radius 3 is 2.12 bits per heavy atom. The number of hydrazine groups is 1. The lowest BCUT2D eigenvalue weighted by Crippen LogP contribution is -2.33. The first kappa shape index (κ1) is 56.4. The summed E-state index contributed by atoms with van der Waals surface area (Å²) in [5.74, 6) is 6.45. The highest BCUT2D eigenvalue weighted by Crippen LogP contribution is 2.41. The Kier molecular flexibility index (Phi) is 20.6. The number of hydrogen-bond acceptors (Lipinski definition) is 19. The first-order chi connectivity index (χ1) is 37.9. The van der Waals surface area contributed by atoms with E-state index in [-0.39, 0.29) is 90.0 Å². The van der Waals surface area contributed by atoms with Gasteiger partial charge < -0.3 is 72.4 Å². The second kappa shape index (κ2) is 28.5. The molecule has 0 atom stereocenters. The Labute approximate surface area is 454 Å². The van der Waals surface area contributed by atoms with Crippen LogP contribution in [0.25, 0.3) is 6.08 Å². The van der Waals surface area contributed by atoms with Crippen LogP contribution in [0, 0.1) is 0 Å². The van der Waals surface area contributed by atoms with Gasteiger partial charge in [0, 0.05) is 71.5 Å². The van der Waals surface area contributed by atoms with Crippen molar-refractivity contribution in [3.05, 3.63) is 166 Å². The molecule has 0 saturated heterocycles. The van der Waals surface area contributed by atoms with Crippen LogP contribution >= 0.6 is 11.8 Å². The van der Waals surface area contributed by atoms with E-state index in [0.717, 1.165) is 59.9 Å². The summed E-state index contributed by atoms with van der Waals surface area (Å²) in [6.45, 7) is 5.79. The average molecular weight is 1080 g/mol. The predicted octanol–water partition coefficient (Wildman–Crippen LogP) is 6.03. The van der Waals surface area contributed by atoms with Gasteiger partial charge in [-0.15, -0.1) is 0 Å². The number of nitrogens with one attached hydrogen (secondary N) is 7. The molecule has 5 aromatic carbocycles. The zero-order chi connectivity index (χ0) is 55.2. The Morgan fingerprint density at radius 2 is 1.49 bits per heavy atom. The van der Waals surface area contributed by atoms with Gasteiger partial charge in [-0.1, -0.05) is 36.0 Å². The van der Waals surface area contributed by atoms with Crippen LogP contribution in [0.4, 0.5) is 33.2 Å². The highest BCUT2D eigenvalue weighted by molar-refractivity contribution is 8.18. The molecule has 13 N–H and O–H groups in total. The van der Waals surface area contributed by atoms with Crippen LogP contribution in [0.2, 0.25) is 0 Å². The summed E-state index contributed by atoms with van der Waals surface area (Å²) < 4.78 is 16.5. The van der Waals surface area contributed by atoms with Crippen molar-refractivity contribution in [3.63, 3.8) is 0 Å². The number of aliphatic imine (C=N–C) groups is 3. The van der Waals surface area contributed by atoms with E-state index in [4.69, 9.17) is 25.8 Å². The fourth-order valence-electron chi connectivity index (χ4n) is 7.56. The van der Waals surface area contributed by atoms with E-state index in [9.17, 15) is 29.4 Å². The summed E-state index contributed by atoms with van der Waals surface area (Å²) in [7, 11) is 1.92. The van der Waals surface area contributed by atoms with Gasteiger partial charge in [0.2, 0.25) is 6.41 Å². The van der Waals surface area contributed by atoms with E-state index >= 15 is 0 Å². The fraction of sp³-hybridized carbons (Fsp3) is 0.218. The number of carbonyl (C=O) groups is 4. The molecule has 0 unspecified atom stereocenters. The predicted molar refractivity (Wildman–Crippen MR) is 305 cm³/mol. The number of thioether (sulfide) groups is 1. The third kappa shape index (κ3) is 16.6. The van der Waals surface area contributed by atoms with Gasteiger partial charge in [-0.25, -0.2) is 20.4 Å². The van der Waals surface area contributed by atoms with Gasteiger partial charge in [-0.3, -0.25) is 19.6 Å². The van der Waals surface area contributed by atoms with Gasteiger partial charge in [-0.05, 0) is 110 Å². The van der Waals surface area contributed by atoms with Crippen molar-refractivity contribution in [3.8, 4) is 11.5 Å². The first-order valence-corrected chi connectivity index (χ1v) is 25.5. The largest absolute Gasteiger partial charge is 0.506 e. The molecule has 3 aliphatic rings. The van der Waals surface area contributed by atoms with Crippen molar-refractivity contribution >= 4 is 87.3 Å². The summed E-state index contributed by atoms with van der Waals surface area (Å²) in [5.41, 5.74) is 11.9. The Morgan fingerprint density at radius 1 is 0.821 bits per heavy atom. The Bertz CT molecular complexity index is 3110. The summed E-state index contributed by atoms with van der Waals surface area (Å²) in [6, 6.07) is 33.0. The number of aliphatic hydroxyl groups excluding tert-OH is 1. The minimum absolute atomic E-state index is 0.0359. The van der Waals surface area contributed by atoms with E-state index in [1.165, 1.54) is 35.5 Å². The van der Waals surface area contributed by atoms with Gasteiger partial charge in [0.15, 0.2) is 11.5 Å². The molecule has 0 fully saturated rings. The second-order valence-corrected chi connectivity index (χ2v) is 18.0.